The van der Waals surface area contributed by atoms with Gasteiger partial charge in [-0.05, 0) is 18.6 Å². The minimum absolute atomic E-state index is 0.145. The molecule has 1 aromatic carbocycles. The number of alkyl halides is 1. The molecule has 0 aliphatic rings. The molecule has 0 unspecified atom stereocenters. The summed E-state index contributed by atoms with van der Waals surface area (Å²) in [7, 11) is 0. The summed E-state index contributed by atoms with van der Waals surface area (Å²) in [5.41, 5.74) is 1.20. The van der Waals surface area contributed by atoms with Gasteiger partial charge in [-0.1, -0.05) is 23.5 Å². The van der Waals surface area contributed by atoms with Crippen LogP contribution in [0.4, 0.5) is 9.52 Å². The number of hydrogen-bond acceptors (Lipinski definition) is 4. The third-order valence-electron chi connectivity index (χ3n) is 2.21. The highest BCUT2D eigenvalue weighted by Gasteiger charge is 2.10. The molecule has 1 amide bonds. The van der Waals surface area contributed by atoms with E-state index in [1.165, 1.54) is 6.07 Å². The summed E-state index contributed by atoms with van der Waals surface area (Å²) >= 11 is 6.52. The van der Waals surface area contributed by atoms with Crippen molar-refractivity contribution in [3.05, 3.63) is 29.6 Å². The molecule has 1 N–H and O–H groups in total. The van der Waals surface area contributed by atoms with Crippen LogP contribution in [0.1, 0.15) is 5.56 Å². The van der Waals surface area contributed by atoms with E-state index in [2.05, 4.69) is 15.5 Å². The van der Waals surface area contributed by atoms with Crippen molar-refractivity contribution in [1.29, 1.82) is 0 Å². The third kappa shape index (κ3) is 2.83. The second-order valence-corrected chi connectivity index (χ2v) is 4.80. The maximum Gasteiger partial charge on any atom is 0.241 e. The lowest BCUT2D eigenvalue weighted by Crippen LogP contribution is -2.12. The van der Waals surface area contributed by atoms with Crippen LogP contribution in [0.5, 0.6) is 0 Å². The molecule has 0 aliphatic carbocycles. The van der Waals surface area contributed by atoms with E-state index < -0.39 is 0 Å². The molecule has 2 rings (SSSR count). The van der Waals surface area contributed by atoms with Gasteiger partial charge in [-0.25, -0.2) is 4.39 Å². The molecule has 18 heavy (non-hydrogen) atoms. The molecule has 1 aromatic heterocycles. The van der Waals surface area contributed by atoms with Gasteiger partial charge in [0, 0.05) is 5.56 Å². The summed E-state index contributed by atoms with van der Waals surface area (Å²) in [6.07, 6.45) is 0. The molecule has 1 heterocycles. The quantitative estimate of drug-likeness (QED) is 0.882. The minimum atomic E-state index is -0.352. The first kappa shape index (κ1) is 12.9. The Morgan fingerprint density at radius 1 is 1.50 bits per heavy atom. The molecule has 0 radical (unpaired) electrons. The Bertz CT molecular complexity index is 587. The number of benzene rings is 1. The van der Waals surface area contributed by atoms with Gasteiger partial charge in [0.25, 0.3) is 0 Å². The normalized spacial score (nSPS) is 10.4. The van der Waals surface area contributed by atoms with E-state index in [0.717, 1.165) is 11.3 Å². The lowest BCUT2D eigenvalue weighted by Gasteiger charge is -1.98. The Morgan fingerprint density at radius 2 is 2.28 bits per heavy atom. The Kier molecular flexibility index (Phi) is 3.88. The fourth-order valence-corrected chi connectivity index (χ4v) is 2.09. The number of anilines is 1. The van der Waals surface area contributed by atoms with Gasteiger partial charge in [-0.2, -0.15) is 0 Å². The minimum Gasteiger partial charge on any atom is -0.299 e. The van der Waals surface area contributed by atoms with E-state index in [9.17, 15) is 9.18 Å². The lowest BCUT2D eigenvalue weighted by molar-refractivity contribution is -0.113. The van der Waals surface area contributed by atoms with Gasteiger partial charge in [0.1, 0.15) is 16.7 Å². The zero-order chi connectivity index (χ0) is 13.1. The highest BCUT2D eigenvalue weighted by atomic mass is 35.5. The molecule has 94 valence electrons. The molecule has 0 spiro atoms. The topological polar surface area (TPSA) is 54.9 Å². The predicted octanol–water partition coefficient (Wildman–Crippen LogP) is 2.83. The van der Waals surface area contributed by atoms with Gasteiger partial charge >= 0.3 is 0 Å². The smallest absolute Gasteiger partial charge is 0.241 e. The summed E-state index contributed by atoms with van der Waals surface area (Å²) in [4.78, 5) is 11.1. The molecular formula is C11H9ClFN3OS. The Hall–Kier alpha value is -1.53. The van der Waals surface area contributed by atoms with E-state index >= 15 is 0 Å². The van der Waals surface area contributed by atoms with Crippen molar-refractivity contribution in [2.24, 2.45) is 0 Å². The summed E-state index contributed by atoms with van der Waals surface area (Å²) < 4.78 is 13.4. The molecule has 0 saturated heterocycles. The molecule has 4 nitrogen and oxygen atoms in total. The van der Waals surface area contributed by atoms with Crippen LogP contribution < -0.4 is 5.32 Å². The standard InChI is InChI=1S/C11H9ClFN3OS/c1-6-2-3-7(4-8(6)13)10-15-16-11(18-10)14-9(17)5-12/h2-4H,5H2,1H3,(H,14,16,17). The largest absolute Gasteiger partial charge is 0.299 e. The highest BCUT2D eigenvalue weighted by molar-refractivity contribution is 7.18. The second kappa shape index (κ2) is 5.41. The Balaban J connectivity index is 2.23. The van der Waals surface area contributed by atoms with E-state index in [0.29, 0.717) is 21.3 Å². The van der Waals surface area contributed by atoms with Gasteiger partial charge in [0.2, 0.25) is 11.0 Å². The van der Waals surface area contributed by atoms with E-state index in [4.69, 9.17) is 11.6 Å². The molecule has 0 saturated carbocycles. The van der Waals surface area contributed by atoms with Gasteiger partial charge in [-0.3, -0.25) is 10.1 Å². The average Bonchev–Trinajstić information content (AvgIpc) is 2.81. The van der Waals surface area contributed by atoms with Crippen LogP contribution in [-0.4, -0.2) is 22.0 Å². The van der Waals surface area contributed by atoms with Crippen LogP contribution in [0.3, 0.4) is 0 Å². The number of nitrogens with one attached hydrogen (secondary N) is 1. The maximum absolute atomic E-state index is 13.4. The number of carbonyl (C=O) groups excluding carboxylic acids is 1. The first-order chi connectivity index (χ1) is 8.60. The maximum atomic E-state index is 13.4. The summed E-state index contributed by atoms with van der Waals surface area (Å²) in [5, 5.41) is 11.0. The SMILES string of the molecule is Cc1ccc(-c2nnc(NC(=O)CCl)s2)cc1F. The van der Waals surface area contributed by atoms with Crippen LogP contribution >= 0.6 is 22.9 Å². The number of rotatable bonds is 3. The molecule has 0 atom stereocenters. The number of halogens is 2. The van der Waals surface area contributed by atoms with Crippen LogP contribution in [-0.2, 0) is 4.79 Å². The number of amides is 1. The Morgan fingerprint density at radius 3 is 2.94 bits per heavy atom. The zero-order valence-corrected chi connectivity index (χ0v) is 11.0. The van der Waals surface area contributed by atoms with Crippen molar-refractivity contribution in [1.82, 2.24) is 10.2 Å². The van der Waals surface area contributed by atoms with Crippen molar-refractivity contribution < 1.29 is 9.18 Å². The molecule has 0 aliphatic heterocycles. The van der Waals surface area contributed by atoms with E-state index in [-0.39, 0.29) is 17.6 Å². The molecule has 2 aromatic rings. The van der Waals surface area contributed by atoms with Crippen molar-refractivity contribution in [2.75, 3.05) is 11.2 Å². The number of carbonyl (C=O) groups is 1. The third-order valence-corrected chi connectivity index (χ3v) is 3.34. The first-order valence-corrected chi connectivity index (χ1v) is 6.41. The van der Waals surface area contributed by atoms with Crippen LogP contribution in [0.15, 0.2) is 18.2 Å². The van der Waals surface area contributed by atoms with Gasteiger partial charge in [-0.15, -0.1) is 21.8 Å². The Labute approximate surface area is 112 Å². The van der Waals surface area contributed by atoms with Crippen molar-refractivity contribution in [3.8, 4) is 10.6 Å². The number of aromatic nitrogens is 2. The second-order valence-electron chi connectivity index (χ2n) is 3.56. The van der Waals surface area contributed by atoms with E-state index in [1.54, 1.807) is 19.1 Å². The van der Waals surface area contributed by atoms with E-state index in [1.807, 2.05) is 0 Å². The molecular weight excluding hydrogens is 277 g/mol. The van der Waals surface area contributed by atoms with Crippen LogP contribution in [0.2, 0.25) is 0 Å². The monoisotopic (exact) mass is 285 g/mol. The molecule has 0 fully saturated rings. The van der Waals surface area contributed by atoms with Crippen LogP contribution in [0, 0.1) is 12.7 Å². The summed E-state index contributed by atoms with van der Waals surface area (Å²) in [6.45, 7) is 1.69. The summed E-state index contributed by atoms with van der Waals surface area (Å²) in [6, 6.07) is 4.82. The molecule has 0 bridgehead atoms. The van der Waals surface area contributed by atoms with Crippen LogP contribution in [0.25, 0.3) is 10.6 Å². The lowest BCUT2D eigenvalue weighted by atomic mass is 10.1. The number of hydrogen-bond donors (Lipinski definition) is 1. The van der Waals surface area contributed by atoms with Crippen molar-refractivity contribution in [3.63, 3.8) is 0 Å². The molecule has 7 heteroatoms. The van der Waals surface area contributed by atoms with Crippen molar-refractivity contribution >= 4 is 34.0 Å². The highest BCUT2D eigenvalue weighted by Crippen LogP contribution is 2.27. The van der Waals surface area contributed by atoms with Gasteiger partial charge in [0.15, 0.2) is 0 Å². The number of nitrogens with zero attached hydrogens (tertiary/aromatic N) is 2. The van der Waals surface area contributed by atoms with Gasteiger partial charge in [0.05, 0.1) is 0 Å². The summed E-state index contributed by atoms with van der Waals surface area (Å²) in [5.74, 6) is -0.794. The fraction of sp³-hybridized carbons (Fsp3) is 0.182. The fourth-order valence-electron chi connectivity index (χ4n) is 1.27. The zero-order valence-electron chi connectivity index (χ0n) is 9.41. The average molecular weight is 286 g/mol. The number of aryl methyl sites for hydroxylation is 1. The van der Waals surface area contributed by atoms with Crippen molar-refractivity contribution in [2.45, 2.75) is 6.92 Å². The predicted molar refractivity (Wildman–Crippen MR) is 69.4 cm³/mol. The first-order valence-electron chi connectivity index (χ1n) is 5.06. The van der Waals surface area contributed by atoms with Gasteiger partial charge < -0.3 is 0 Å².